The van der Waals surface area contributed by atoms with E-state index in [1.807, 2.05) is 13.0 Å². The van der Waals surface area contributed by atoms with Crippen molar-refractivity contribution in [2.45, 2.75) is 39.7 Å². The third kappa shape index (κ3) is 2.82. The Kier molecular flexibility index (Phi) is 3.27. The Hall–Kier alpha value is -2.17. The Balaban J connectivity index is 1.86. The van der Waals surface area contributed by atoms with Gasteiger partial charge in [0.1, 0.15) is 17.2 Å². The van der Waals surface area contributed by atoms with Gasteiger partial charge in [-0.1, -0.05) is 13.8 Å². The highest BCUT2D eigenvalue weighted by Gasteiger charge is 2.35. The molecule has 0 aromatic carbocycles. The Morgan fingerprint density at radius 1 is 1.43 bits per heavy atom. The van der Waals surface area contributed by atoms with Crippen LogP contribution in [0, 0.1) is 12.3 Å². The number of aryl methyl sites for hydroxylation is 1. The van der Waals surface area contributed by atoms with Gasteiger partial charge in [0, 0.05) is 24.4 Å². The number of rotatable bonds is 2. The average Bonchev–Trinajstić information content (AvgIpc) is 2.78. The van der Waals surface area contributed by atoms with Gasteiger partial charge in [0.25, 0.3) is 5.91 Å². The maximum atomic E-state index is 12.3. The first kappa shape index (κ1) is 13.8. The molecule has 1 amide bonds. The molecular formula is C16H19N3O2. The minimum absolute atomic E-state index is 0.0456. The molecule has 2 heterocycles. The zero-order valence-electron chi connectivity index (χ0n) is 12.5. The van der Waals surface area contributed by atoms with Crippen molar-refractivity contribution >= 4 is 5.91 Å². The number of fused-ring (bicyclic) bond motifs is 1. The molecule has 2 aromatic heterocycles. The minimum Gasteiger partial charge on any atom is -0.466 e. The summed E-state index contributed by atoms with van der Waals surface area (Å²) in [6.07, 6.45) is 6.33. The molecular weight excluding hydrogens is 266 g/mol. The second kappa shape index (κ2) is 4.98. The Labute approximate surface area is 123 Å². The number of hydrogen-bond donors (Lipinski definition) is 1. The Morgan fingerprint density at radius 2 is 2.24 bits per heavy atom. The molecule has 1 aliphatic rings. The zero-order valence-corrected chi connectivity index (χ0v) is 12.5. The lowest BCUT2D eigenvalue weighted by atomic mass is 9.74. The average molecular weight is 285 g/mol. The van der Waals surface area contributed by atoms with Crippen molar-refractivity contribution in [3.63, 3.8) is 0 Å². The summed E-state index contributed by atoms with van der Waals surface area (Å²) in [5, 5.41) is 3.06. The second-order valence-electron chi connectivity index (χ2n) is 6.40. The van der Waals surface area contributed by atoms with E-state index in [2.05, 4.69) is 29.1 Å². The van der Waals surface area contributed by atoms with Crippen molar-refractivity contribution in [3.05, 3.63) is 47.4 Å². The zero-order chi connectivity index (χ0) is 15.0. The lowest BCUT2D eigenvalue weighted by molar-refractivity contribution is 0.0912. The van der Waals surface area contributed by atoms with Gasteiger partial charge in [-0.3, -0.25) is 9.78 Å². The summed E-state index contributed by atoms with van der Waals surface area (Å²) >= 11 is 0. The molecule has 1 aliphatic carbocycles. The van der Waals surface area contributed by atoms with E-state index in [1.54, 1.807) is 6.20 Å². The van der Waals surface area contributed by atoms with Crippen LogP contribution < -0.4 is 5.32 Å². The molecule has 0 aliphatic heterocycles. The van der Waals surface area contributed by atoms with E-state index in [9.17, 15) is 4.79 Å². The van der Waals surface area contributed by atoms with Crippen LogP contribution in [0.4, 0.5) is 0 Å². The predicted molar refractivity (Wildman–Crippen MR) is 77.8 cm³/mol. The highest BCUT2D eigenvalue weighted by atomic mass is 16.3. The third-order valence-electron chi connectivity index (χ3n) is 3.84. The van der Waals surface area contributed by atoms with Crippen LogP contribution in [0.25, 0.3) is 0 Å². The highest BCUT2D eigenvalue weighted by molar-refractivity contribution is 5.92. The first-order valence-corrected chi connectivity index (χ1v) is 7.11. The second-order valence-corrected chi connectivity index (χ2v) is 6.40. The molecule has 5 nitrogen and oxygen atoms in total. The topological polar surface area (TPSA) is 68.0 Å². The molecule has 1 N–H and O–H groups in total. The lowest BCUT2D eigenvalue weighted by Gasteiger charge is -2.34. The van der Waals surface area contributed by atoms with Crippen molar-refractivity contribution in [1.82, 2.24) is 15.3 Å². The molecule has 1 atom stereocenters. The van der Waals surface area contributed by atoms with Crippen molar-refractivity contribution in [1.29, 1.82) is 0 Å². The van der Waals surface area contributed by atoms with Gasteiger partial charge in [-0.25, -0.2) is 4.98 Å². The number of aromatic nitrogens is 2. The molecule has 0 radical (unpaired) electrons. The monoisotopic (exact) mass is 285 g/mol. The molecule has 21 heavy (non-hydrogen) atoms. The van der Waals surface area contributed by atoms with Crippen molar-refractivity contribution in [2.75, 3.05) is 0 Å². The van der Waals surface area contributed by atoms with Gasteiger partial charge in [-0.15, -0.1) is 0 Å². The van der Waals surface area contributed by atoms with Crippen LogP contribution in [0.2, 0.25) is 0 Å². The van der Waals surface area contributed by atoms with E-state index in [0.717, 1.165) is 29.9 Å². The molecule has 0 spiro atoms. The first-order chi connectivity index (χ1) is 9.94. The largest absolute Gasteiger partial charge is 0.466 e. The van der Waals surface area contributed by atoms with Crippen molar-refractivity contribution in [2.24, 2.45) is 5.41 Å². The van der Waals surface area contributed by atoms with Gasteiger partial charge in [-0.05, 0) is 24.8 Å². The number of carbonyl (C=O) groups excluding carboxylic acids is 1. The van der Waals surface area contributed by atoms with Crippen LogP contribution in [-0.4, -0.2) is 15.9 Å². The van der Waals surface area contributed by atoms with Gasteiger partial charge < -0.3 is 9.73 Å². The van der Waals surface area contributed by atoms with E-state index >= 15 is 0 Å². The van der Waals surface area contributed by atoms with Gasteiger partial charge in [0.05, 0.1) is 12.2 Å². The van der Waals surface area contributed by atoms with E-state index in [-0.39, 0.29) is 17.4 Å². The fourth-order valence-corrected chi connectivity index (χ4v) is 2.96. The minimum atomic E-state index is -0.199. The molecule has 2 aromatic rings. The quantitative estimate of drug-likeness (QED) is 0.921. The van der Waals surface area contributed by atoms with Gasteiger partial charge in [0.2, 0.25) is 0 Å². The van der Waals surface area contributed by atoms with E-state index < -0.39 is 0 Å². The van der Waals surface area contributed by atoms with Crippen LogP contribution >= 0.6 is 0 Å². The smallest absolute Gasteiger partial charge is 0.271 e. The fourth-order valence-electron chi connectivity index (χ4n) is 2.96. The first-order valence-electron chi connectivity index (χ1n) is 7.11. The molecule has 0 bridgehead atoms. The molecule has 0 saturated heterocycles. The van der Waals surface area contributed by atoms with Crippen LogP contribution in [0.15, 0.2) is 29.1 Å². The standard InChI is InChI=1S/C16H19N3O2/c1-10-6-11-12(7-16(2,3)8-14(11)21-10)19-15(20)13-9-17-4-5-18-13/h4-6,9,12H,7-8H2,1-3H3,(H,19,20)/t12-/m0/s1. The van der Waals surface area contributed by atoms with Crippen LogP contribution in [-0.2, 0) is 6.42 Å². The summed E-state index contributed by atoms with van der Waals surface area (Å²) < 4.78 is 5.78. The fraction of sp³-hybridized carbons (Fsp3) is 0.438. The maximum absolute atomic E-state index is 12.3. The SMILES string of the molecule is Cc1cc2c(o1)CC(C)(C)C[C@@H]2NC(=O)c1cnccn1. The summed E-state index contributed by atoms with van der Waals surface area (Å²) in [5.41, 5.74) is 1.52. The number of carbonyl (C=O) groups is 1. The Morgan fingerprint density at radius 3 is 2.95 bits per heavy atom. The predicted octanol–water partition coefficient (Wildman–Crippen LogP) is 2.82. The Bertz CT molecular complexity index is 661. The number of nitrogens with zero attached hydrogens (tertiary/aromatic N) is 2. The lowest BCUT2D eigenvalue weighted by Crippen LogP contribution is -2.36. The molecule has 5 heteroatoms. The van der Waals surface area contributed by atoms with E-state index in [1.165, 1.54) is 12.4 Å². The molecule has 0 saturated carbocycles. The highest BCUT2D eigenvalue weighted by Crippen LogP contribution is 2.42. The molecule has 3 rings (SSSR count). The summed E-state index contributed by atoms with van der Waals surface area (Å²) in [6, 6.07) is 1.97. The maximum Gasteiger partial charge on any atom is 0.271 e. The number of furan rings is 1. The molecule has 0 unspecified atom stereocenters. The number of amides is 1. The van der Waals surface area contributed by atoms with Crippen molar-refractivity contribution < 1.29 is 9.21 Å². The van der Waals surface area contributed by atoms with Gasteiger partial charge in [-0.2, -0.15) is 0 Å². The van der Waals surface area contributed by atoms with Gasteiger partial charge in [0.15, 0.2) is 0 Å². The summed E-state index contributed by atoms with van der Waals surface area (Å²) in [7, 11) is 0. The van der Waals surface area contributed by atoms with Gasteiger partial charge >= 0.3 is 0 Å². The normalized spacial score (nSPS) is 19.9. The van der Waals surface area contributed by atoms with Crippen LogP contribution in [0.5, 0.6) is 0 Å². The third-order valence-corrected chi connectivity index (χ3v) is 3.84. The molecule has 110 valence electrons. The summed E-state index contributed by atoms with van der Waals surface area (Å²) in [4.78, 5) is 20.3. The van der Waals surface area contributed by atoms with E-state index in [4.69, 9.17) is 4.42 Å². The van der Waals surface area contributed by atoms with Crippen LogP contribution in [0.3, 0.4) is 0 Å². The number of nitrogens with one attached hydrogen (secondary N) is 1. The van der Waals surface area contributed by atoms with Crippen LogP contribution in [0.1, 0.15) is 53.9 Å². The molecule has 0 fully saturated rings. The van der Waals surface area contributed by atoms with Crippen molar-refractivity contribution in [3.8, 4) is 0 Å². The van der Waals surface area contributed by atoms with E-state index in [0.29, 0.717) is 5.69 Å². The summed E-state index contributed by atoms with van der Waals surface area (Å²) in [6.45, 7) is 6.32. The summed E-state index contributed by atoms with van der Waals surface area (Å²) in [5.74, 6) is 1.67. The number of hydrogen-bond acceptors (Lipinski definition) is 4.